The van der Waals surface area contributed by atoms with E-state index >= 15 is 0 Å². The molecule has 0 spiro atoms. The average molecular weight is 300 g/mol. The molecule has 22 heavy (non-hydrogen) atoms. The first-order chi connectivity index (χ1) is 10.6. The number of nitrogens with zero attached hydrogens (tertiary/aromatic N) is 1. The molecule has 6 nitrogen and oxygen atoms in total. The van der Waals surface area contributed by atoms with Crippen molar-refractivity contribution in [1.82, 2.24) is 10.3 Å². The molecule has 2 amide bonds. The van der Waals surface area contributed by atoms with E-state index in [1.54, 1.807) is 0 Å². The molecule has 0 aliphatic carbocycles. The van der Waals surface area contributed by atoms with Crippen LogP contribution in [-0.2, 0) is 0 Å². The van der Waals surface area contributed by atoms with Crippen LogP contribution in [0.3, 0.4) is 0 Å². The van der Waals surface area contributed by atoms with E-state index in [1.165, 1.54) is 7.11 Å². The minimum absolute atomic E-state index is 0.316. The molecule has 1 aromatic carbocycles. The maximum atomic E-state index is 11.9. The van der Waals surface area contributed by atoms with Crippen molar-refractivity contribution >= 4 is 17.4 Å². The molecule has 0 atom stereocenters. The van der Waals surface area contributed by atoms with Gasteiger partial charge in [-0.05, 0) is 37.6 Å². The van der Waals surface area contributed by atoms with Crippen LogP contribution in [0, 0.1) is 13.8 Å². The number of carbonyl (C=O) groups excluding carboxylic acids is 1. The molecule has 6 heteroatoms. The van der Waals surface area contributed by atoms with Gasteiger partial charge in [-0.3, -0.25) is 0 Å². The number of methoxy groups -OCH3 is 1. The lowest BCUT2D eigenvalue weighted by atomic mass is 10.2. The van der Waals surface area contributed by atoms with E-state index in [0.717, 1.165) is 16.9 Å². The molecule has 0 aliphatic heterocycles. The van der Waals surface area contributed by atoms with Gasteiger partial charge in [-0.15, -0.1) is 0 Å². The number of urea groups is 1. The predicted molar refractivity (Wildman–Crippen MR) is 87.3 cm³/mol. The third-order valence-corrected chi connectivity index (χ3v) is 3.19. The molecule has 3 N–H and O–H groups in total. The Kier molecular flexibility index (Phi) is 5.19. The Bertz CT molecular complexity index is 644. The Morgan fingerprint density at radius 1 is 1.23 bits per heavy atom. The van der Waals surface area contributed by atoms with Crippen LogP contribution in [0.25, 0.3) is 0 Å². The standard InChI is InChI=1S/C16H20N4O2/c1-11-9-14(15(22-3)19-12(11)2)20-16(21)18-10-17-13-7-5-4-6-8-13/h4-9,17H,10H2,1-3H3,(H2,18,20,21). The second kappa shape index (κ2) is 7.31. The maximum Gasteiger partial charge on any atom is 0.320 e. The van der Waals surface area contributed by atoms with Crippen molar-refractivity contribution in [3.63, 3.8) is 0 Å². The van der Waals surface area contributed by atoms with E-state index in [0.29, 0.717) is 18.2 Å². The molecule has 116 valence electrons. The molecule has 2 aromatic rings. The molecule has 2 rings (SSSR count). The molecule has 0 bridgehead atoms. The van der Waals surface area contributed by atoms with Crippen LogP contribution in [0.2, 0.25) is 0 Å². The van der Waals surface area contributed by atoms with Gasteiger partial charge in [0.1, 0.15) is 5.69 Å². The van der Waals surface area contributed by atoms with Crippen LogP contribution in [0.15, 0.2) is 36.4 Å². The summed E-state index contributed by atoms with van der Waals surface area (Å²) in [6.45, 7) is 4.14. The van der Waals surface area contributed by atoms with E-state index in [-0.39, 0.29) is 6.03 Å². The summed E-state index contributed by atoms with van der Waals surface area (Å²) in [5.74, 6) is 0.397. The Labute approximate surface area is 129 Å². The van der Waals surface area contributed by atoms with Gasteiger partial charge in [0.15, 0.2) is 0 Å². The third kappa shape index (κ3) is 4.12. The predicted octanol–water partition coefficient (Wildman–Crippen LogP) is 2.90. The number of hydrogen-bond donors (Lipinski definition) is 3. The zero-order valence-corrected chi connectivity index (χ0v) is 12.9. The molecule has 0 radical (unpaired) electrons. The minimum Gasteiger partial charge on any atom is -0.480 e. The average Bonchev–Trinajstić information content (AvgIpc) is 2.51. The Balaban J connectivity index is 1.90. The lowest BCUT2D eigenvalue weighted by molar-refractivity contribution is 0.252. The van der Waals surface area contributed by atoms with Crippen molar-refractivity contribution in [2.45, 2.75) is 13.8 Å². The first-order valence-corrected chi connectivity index (χ1v) is 6.96. The van der Waals surface area contributed by atoms with E-state index in [2.05, 4.69) is 20.9 Å². The molecule has 0 saturated heterocycles. The molecule has 0 fully saturated rings. The summed E-state index contributed by atoms with van der Waals surface area (Å²) in [5.41, 5.74) is 3.34. The van der Waals surface area contributed by atoms with Crippen LogP contribution in [0.1, 0.15) is 11.3 Å². The van der Waals surface area contributed by atoms with Crippen molar-refractivity contribution in [1.29, 1.82) is 0 Å². The third-order valence-electron chi connectivity index (χ3n) is 3.19. The number of para-hydroxylation sites is 1. The largest absolute Gasteiger partial charge is 0.480 e. The van der Waals surface area contributed by atoms with Crippen LogP contribution < -0.4 is 20.7 Å². The number of ether oxygens (including phenoxy) is 1. The van der Waals surface area contributed by atoms with Crippen molar-refractivity contribution < 1.29 is 9.53 Å². The first-order valence-electron chi connectivity index (χ1n) is 6.96. The quantitative estimate of drug-likeness (QED) is 0.742. The summed E-state index contributed by atoms with van der Waals surface area (Å²) >= 11 is 0. The highest BCUT2D eigenvalue weighted by Crippen LogP contribution is 2.24. The number of hydrogen-bond acceptors (Lipinski definition) is 4. The zero-order chi connectivity index (χ0) is 15.9. The molecular weight excluding hydrogens is 280 g/mol. The second-order valence-corrected chi connectivity index (χ2v) is 4.80. The molecular formula is C16H20N4O2. The SMILES string of the molecule is COc1nc(C)c(C)cc1NC(=O)NCNc1ccccc1. The van der Waals surface area contributed by atoms with Crippen LogP contribution in [0.4, 0.5) is 16.2 Å². The number of rotatable bonds is 5. The number of aromatic nitrogens is 1. The highest BCUT2D eigenvalue weighted by atomic mass is 16.5. The Morgan fingerprint density at radius 3 is 2.64 bits per heavy atom. The van der Waals surface area contributed by atoms with Crippen LogP contribution in [0.5, 0.6) is 5.88 Å². The van der Waals surface area contributed by atoms with Gasteiger partial charge in [-0.25, -0.2) is 9.78 Å². The molecule has 1 heterocycles. The number of pyridine rings is 1. The fourth-order valence-electron chi connectivity index (χ4n) is 1.88. The van der Waals surface area contributed by atoms with Gasteiger partial charge in [0, 0.05) is 11.4 Å². The highest BCUT2D eigenvalue weighted by Gasteiger charge is 2.10. The number of benzene rings is 1. The molecule has 0 aliphatic rings. The van der Waals surface area contributed by atoms with Gasteiger partial charge in [-0.1, -0.05) is 18.2 Å². The molecule has 0 saturated carbocycles. The highest BCUT2D eigenvalue weighted by molar-refractivity contribution is 5.90. The van der Waals surface area contributed by atoms with E-state index in [1.807, 2.05) is 50.2 Å². The van der Waals surface area contributed by atoms with Gasteiger partial charge in [0.05, 0.1) is 13.8 Å². The van der Waals surface area contributed by atoms with Crippen LogP contribution in [-0.4, -0.2) is 24.8 Å². The van der Waals surface area contributed by atoms with Crippen molar-refractivity contribution in [2.24, 2.45) is 0 Å². The summed E-state index contributed by atoms with van der Waals surface area (Å²) in [5, 5.41) is 8.55. The smallest absolute Gasteiger partial charge is 0.320 e. The minimum atomic E-state index is -0.327. The van der Waals surface area contributed by atoms with E-state index in [4.69, 9.17) is 4.74 Å². The zero-order valence-electron chi connectivity index (χ0n) is 12.9. The normalized spacial score (nSPS) is 9.95. The van der Waals surface area contributed by atoms with Gasteiger partial charge < -0.3 is 20.7 Å². The molecule has 0 unspecified atom stereocenters. The van der Waals surface area contributed by atoms with Crippen molar-refractivity contribution in [2.75, 3.05) is 24.4 Å². The maximum absolute atomic E-state index is 11.9. The van der Waals surface area contributed by atoms with Crippen molar-refractivity contribution in [3.05, 3.63) is 47.7 Å². The van der Waals surface area contributed by atoms with Gasteiger partial charge >= 0.3 is 6.03 Å². The van der Waals surface area contributed by atoms with Crippen molar-refractivity contribution in [3.8, 4) is 5.88 Å². The fourth-order valence-corrected chi connectivity index (χ4v) is 1.88. The van der Waals surface area contributed by atoms with E-state index < -0.39 is 0 Å². The van der Waals surface area contributed by atoms with Crippen LogP contribution >= 0.6 is 0 Å². The summed E-state index contributed by atoms with van der Waals surface area (Å²) in [4.78, 5) is 16.2. The van der Waals surface area contributed by atoms with Gasteiger partial charge in [0.25, 0.3) is 0 Å². The first kappa shape index (κ1) is 15.6. The molecule has 1 aromatic heterocycles. The monoisotopic (exact) mass is 300 g/mol. The number of amides is 2. The number of nitrogens with one attached hydrogen (secondary N) is 3. The lowest BCUT2D eigenvalue weighted by Crippen LogP contribution is -2.33. The van der Waals surface area contributed by atoms with Gasteiger partial charge in [0.2, 0.25) is 5.88 Å². The van der Waals surface area contributed by atoms with Gasteiger partial charge in [-0.2, -0.15) is 0 Å². The summed E-state index contributed by atoms with van der Waals surface area (Å²) < 4.78 is 5.19. The Hall–Kier alpha value is -2.76. The Morgan fingerprint density at radius 2 is 1.95 bits per heavy atom. The second-order valence-electron chi connectivity index (χ2n) is 4.80. The summed E-state index contributed by atoms with van der Waals surface area (Å²) in [6, 6.07) is 11.1. The lowest BCUT2D eigenvalue weighted by Gasteiger charge is -2.13. The number of carbonyl (C=O) groups is 1. The van der Waals surface area contributed by atoms with E-state index in [9.17, 15) is 4.79 Å². The fraction of sp³-hybridized carbons (Fsp3) is 0.250. The number of anilines is 2. The topological polar surface area (TPSA) is 75.3 Å². The number of aryl methyl sites for hydroxylation is 2. The summed E-state index contributed by atoms with van der Waals surface area (Å²) in [7, 11) is 1.52. The summed E-state index contributed by atoms with van der Waals surface area (Å²) in [6.07, 6.45) is 0.